The first-order valence-electron chi connectivity index (χ1n) is 3.44. The lowest BCUT2D eigenvalue weighted by Gasteiger charge is -1.99. The Balaban J connectivity index is 2.91. The maximum atomic E-state index is 5.94. The molecule has 0 unspecified atom stereocenters. The third-order valence-corrected chi connectivity index (χ3v) is 2.47. The van der Waals surface area contributed by atoms with E-state index in [-0.39, 0.29) is 0 Å². The van der Waals surface area contributed by atoms with Gasteiger partial charge in [0.1, 0.15) is 0 Å². The summed E-state index contributed by atoms with van der Waals surface area (Å²) < 4.78 is 0. The standard InChI is InChI=1S/C10H4Cl2/c11-9-6-5-7-3-1-2-4-8(7)10(9)12/h1,3-5H. The third kappa shape index (κ3) is 1.17. The third-order valence-electron chi connectivity index (χ3n) is 1.68. The van der Waals surface area contributed by atoms with Crippen LogP contribution in [0.15, 0.2) is 24.3 Å². The lowest BCUT2D eigenvalue weighted by Crippen LogP contribution is -1.74. The van der Waals surface area contributed by atoms with Gasteiger partial charge in [-0.1, -0.05) is 35.3 Å². The number of fused-ring (bicyclic) bond motifs is 1. The Morgan fingerprint density at radius 3 is 2.83 bits per heavy atom. The van der Waals surface area contributed by atoms with Crippen LogP contribution in [0, 0.1) is 12.1 Å². The van der Waals surface area contributed by atoms with Crippen LogP contribution in [0.5, 0.6) is 0 Å². The molecule has 0 aromatic heterocycles. The van der Waals surface area contributed by atoms with Gasteiger partial charge in [-0.25, -0.2) is 0 Å². The zero-order chi connectivity index (χ0) is 8.55. The van der Waals surface area contributed by atoms with E-state index in [2.05, 4.69) is 12.1 Å². The molecule has 2 heteroatoms. The van der Waals surface area contributed by atoms with Gasteiger partial charge in [0, 0.05) is 11.5 Å². The van der Waals surface area contributed by atoms with Gasteiger partial charge in [-0.2, -0.15) is 0 Å². The molecule has 0 N–H and O–H groups in total. The molecule has 0 nitrogen and oxygen atoms in total. The van der Waals surface area contributed by atoms with Crippen LogP contribution in [0.1, 0.15) is 0 Å². The minimum atomic E-state index is 0.462. The van der Waals surface area contributed by atoms with Gasteiger partial charge >= 0.3 is 0 Å². The van der Waals surface area contributed by atoms with Gasteiger partial charge in [-0.05, 0) is 23.6 Å². The van der Waals surface area contributed by atoms with Crippen molar-refractivity contribution in [3.8, 4) is 0 Å². The summed E-state index contributed by atoms with van der Waals surface area (Å²) in [6, 6.07) is 13.2. The van der Waals surface area contributed by atoms with E-state index in [4.69, 9.17) is 23.2 Å². The van der Waals surface area contributed by atoms with Crippen molar-refractivity contribution in [2.75, 3.05) is 0 Å². The molecular formula is C10H4Cl2. The number of halogens is 2. The van der Waals surface area contributed by atoms with Gasteiger partial charge in [0.15, 0.2) is 0 Å². The minimum Gasteiger partial charge on any atom is -0.0820 e. The van der Waals surface area contributed by atoms with Crippen LogP contribution in [-0.2, 0) is 0 Å². The SMILES string of the molecule is Clc1[c]cc2cc[c]cc2c1Cl. The monoisotopic (exact) mass is 194 g/mol. The van der Waals surface area contributed by atoms with Crippen molar-refractivity contribution < 1.29 is 0 Å². The molecule has 0 saturated carbocycles. The van der Waals surface area contributed by atoms with Crippen molar-refractivity contribution in [1.82, 2.24) is 0 Å². The zero-order valence-corrected chi connectivity index (χ0v) is 7.58. The van der Waals surface area contributed by atoms with Crippen LogP contribution in [0.4, 0.5) is 0 Å². The highest BCUT2D eigenvalue weighted by molar-refractivity contribution is 6.45. The number of benzene rings is 2. The van der Waals surface area contributed by atoms with Crippen LogP contribution < -0.4 is 0 Å². The number of hydrogen-bond acceptors (Lipinski definition) is 0. The van der Waals surface area contributed by atoms with E-state index < -0.39 is 0 Å². The van der Waals surface area contributed by atoms with Gasteiger partial charge in [-0.15, -0.1) is 0 Å². The van der Waals surface area contributed by atoms with Crippen molar-refractivity contribution in [3.63, 3.8) is 0 Å². The summed E-state index contributed by atoms with van der Waals surface area (Å²) in [5.74, 6) is 0. The van der Waals surface area contributed by atoms with Crippen LogP contribution >= 0.6 is 23.2 Å². The summed E-state index contributed by atoms with van der Waals surface area (Å²) in [6.07, 6.45) is 0. The molecule has 0 aliphatic carbocycles. The summed E-state index contributed by atoms with van der Waals surface area (Å²) in [4.78, 5) is 0. The second-order valence-corrected chi connectivity index (χ2v) is 3.19. The van der Waals surface area contributed by atoms with E-state index in [0.29, 0.717) is 10.0 Å². The van der Waals surface area contributed by atoms with Crippen LogP contribution in [-0.4, -0.2) is 0 Å². The van der Waals surface area contributed by atoms with Gasteiger partial charge in [-0.3, -0.25) is 0 Å². The molecule has 0 aliphatic heterocycles. The number of rotatable bonds is 0. The highest BCUT2D eigenvalue weighted by Crippen LogP contribution is 2.29. The van der Waals surface area contributed by atoms with Crippen LogP contribution in [0.25, 0.3) is 10.8 Å². The molecule has 2 aromatic carbocycles. The van der Waals surface area contributed by atoms with Crippen molar-refractivity contribution >= 4 is 34.0 Å². The Labute approximate surface area is 80.7 Å². The van der Waals surface area contributed by atoms with Gasteiger partial charge < -0.3 is 0 Å². The Morgan fingerprint density at radius 2 is 2.00 bits per heavy atom. The maximum Gasteiger partial charge on any atom is 0.0677 e. The van der Waals surface area contributed by atoms with Crippen molar-refractivity contribution in [2.45, 2.75) is 0 Å². The molecular weight excluding hydrogens is 191 g/mol. The van der Waals surface area contributed by atoms with Gasteiger partial charge in [0.2, 0.25) is 0 Å². The molecule has 0 spiro atoms. The van der Waals surface area contributed by atoms with E-state index in [1.54, 1.807) is 0 Å². The van der Waals surface area contributed by atoms with E-state index in [0.717, 1.165) is 10.8 Å². The molecule has 2 radical (unpaired) electrons. The fourth-order valence-electron chi connectivity index (χ4n) is 1.08. The van der Waals surface area contributed by atoms with Crippen molar-refractivity contribution in [2.24, 2.45) is 0 Å². The summed E-state index contributed by atoms with van der Waals surface area (Å²) in [7, 11) is 0. The summed E-state index contributed by atoms with van der Waals surface area (Å²) in [5.41, 5.74) is 0. The van der Waals surface area contributed by atoms with Crippen LogP contribution in [0.3, 0.4) is 0 Å². The molecule has 2 rings (SSSR count). The molecule has 0 amide bonds. The highest BCUT2D eigenvalue weighted by Gasteiger charge is 2.01. The van der Waals surface area contributed by atoms with E-state index in [9.17, 15) is 0 Å². The fourth-order valence-corrected chi connectivity index (χ4v) is 1.46. The van der Waals surface area contributed by atoms with Crippen molar-refractivity contribution in [1.29, 1.82) is 0 Å². The molecule has 12 heavy (non-hydrogen) atoms. The Bertz CT molecular complexity index is 421. The minimum absolute atomic E-state index is 0.462. The first kappa shape index (κ1) is 7.90. The lowest BCUT2D eigenvalue weighted by atomic mass is 10.1. The van der Waals surface area contributed by atoms with E-state index in [1.807, 2.05) is 24.3 Å². The Morgan fingerprint density at radius 1 is 1.17 bits per heavy atom. The first-order valence-corrected chi connectivity index (χ1v) is 4.20. The van der Waals surface area contributed by atoms with E-state index >= 15 is 0 Å². The number of hydrogen-bond donors (Lipinski definition) is 0. The zero-order valence-electron chi connectivity index (χ0n) is 6.07. The Kier molecular flexibility index (Phi) is 1.95. The normalized spacial score (nSPS) is 10.5. The predicted octanol–water partition coefficient (Wildman–Crippen LogP) is 3.75. The smallest absolute Gasteiger partial charge is 0.0677 e. The highest BCUT2D eigenvalue weighted by atomic mass is 35.5. The molecule has 0 heterocycles. The second-order valence-electron chi connectivity index (χ2n) is 2.43. The van der Waals surface area contributed by atoms with Crippen LogP contribution in [0.2, 0.25) is 10.0 Å². The Hall–Kier alpha value is -0.720. The largest absolute Gasteiger partial charge is 0.0820 e. The quantitative estimate of drug-likeness (QED) is 0.600. The van der Waals surface area contributed by atoms with Gasteiger partial charge in [0.25, 0.3) is 0 Å². The molecule has 2 aromatic rings. The lowest BCUT2D eigenvalue weighted by molar-refractivity contribution is 1.72. The second kappa shape index (κ2) is 2.96. The topological polar surface area (TPSA) is 0 Å². The van der Waals surface area contributed by atoms with Crippen molar-refractivity contribution in [3.05, 3.63) is 46.4 Å². The molecule has 0 fully saturated rings. The summed E-state index contributed by atoms with van der Waals surface area (Å²) in [6.45, 7) is 0. The molecule has 0 bridgehead atoms. The average molecular weight is 195 g/mol. The van der Waals surface area contributed by atoms with Gasteiger partial charge in [0.05, 0.1) is 10.0 Å². The molecule has 58 valence electrons. The molecule has 0 atom stereocenters. The maximum absolute atomic E-state index is 5.94. The van der Waals surface area contributed by atoms with E-state index in [1.165, 1.54) is 0 Å². The molecule has 0 aliphatic rings. The summed E-state index contributed by atoms with van der Waals surface area (Å²) in [5, 5.41) is 2.96. The first-order chi connectivity index (χ1) is 5.79. The fraction of sp³-hybridized carbons (Fsp3) is 0. The molecule has 0 saturated heterocycles. The predicted molar refractivity (Wildman–Crippen MR) is 51.6 cm³/mol. The average Bonchev–Trinajstić information content (AvgIpc) is 2.12. The summed E-state index contributed by atoms with van der Waals surface area (Å²) >= 11 is 11.7.